The van der Waals surface area contributed by atoms with E-state index in [-0.39, 0.29) is 16.9 Å². The van der Waals surface area contributed by atoms with E-state index in [0.717, 1.165) is 12.0 Å². The first-order valence-electron chi connectivity index (χ1n) is 4.86. The minimum absolute atomic E-state index is 0.113. The van der Waals surface area contributed by atoms with Crippen LogP contribution in [0, 0.1) is 10.1 Å². The van der Waals surface area contributed by atoms with Crippen molar-refractivity contribution in [3.05, 3.63) is 33.9 Å². The van der Waals surface area contributed by atoms with Crippen LogP contribution < -0.4 is 0 Å². The fourth-order valence-corrected chi connectivity index (χ4v) is 1.29. The van der Waals surface area contributed by atoms with Crippen LogP contribution in [-0.4, -0.2) is 10.0 Å². The molecule has 15 heavy (non-hydrogen) atoms. The Morgan fingerprint density at radius 3 is 2.53 bits per heavy atom. The minimum atomic E-state index is -0.565. The van der Waals surface area contributed by atoms with Crippen LogP contribution in [0.4, 0.5) is 5.69 Å². The lowest BCUT2D eigenvalue weighted by Crippen LogP contribution is -2.15. The third kappa shape index (κ3) is 2.26. The fourth-order valence-electron chi connectivity index (χ4n) is 1.29. The first-order chi connectivity index (χ1) is 6.88. The van der Waals surface area contributed by atoms with Gasteiger partial charge in [-0.1, -0.05) is 26.8 Å². The summed E-state index contributed by atoms with van der Waals surface area (Å²) in [6, 6.07) is 4.55. The molecule has 82 valence electrons. The zero-order chi connectivity index (χ0) is 11.6. The van der Waals surface area contributed by atoms with Crippen LogP contribution in [0.25, 0.3) is 0 Å². The number of aromatic hydroxyl groups is 1. The van der Waals surface area contributed by atoms with Crippen molar-refractivity contribution in [3.8, 4) is 5.75 Å². The van der Waals surface area contributed by atoms with E-state index >= 15 is 0 Å². The summed E-state index contributed by atoms with van der Waals surface area (Å²) < 4.78 is 0. The fraction of sp³-hybridized carbons (Fsp3) is 0.455. The standard InChI is InChI=1S/C11H15NO3/c1-4-11(2,3)8-5-6-10(13)9(7-8)12(14)15/h5-7,13H,4H2,1-3H3. The molecule has 0 bridgehead atoms. The average molecular weight is 209 g/mol. The van der Waals surface area contributed by atoms with Crippen molar-refractivity contribution in [1.82, 2.24) is 0 Å². The molecule has 0 amide bonds. The Labute approximate surface area is 88.7 Å². The summed E-state index contributed by atoms with van der Waals surface area (Å²) in [7, 11) is 0. The van der Waals surface area contributed by atoms with Gasteiger partial charge in [0.1, 0.15) is 0 Å². The van der Waals surface area contributed by atoms with Gasteiger partial charge in [-0.15, -0.1) is 0 Å². The molecule has 0 heterocycles. The number of nitrogens with zero attached hydrogens (tertiary/aromatic N) is 1. The Hall–Kier alpha value is -1.58. The maximum atomic E-state index is 10.6. The van der Waals surface area contributed by atoms with Crippen molar-refractivity contribution in [2.24, 2.45) is 0 Å². The molecule has 0 aromatic heterocycles. The maximum Gasteiger partial charge on any atom is 0.310 e. The van der Waals surface area contributed by atoms with Crippen LogP contribution in [0.15, 0.2) is 18.2 Å². The predicted octanol–water partition coefficient (Wildman–Crippen LogP) is 2.99. The second-order valence-electron chi connectivity index (χ2n) is 4.20. The van der Waals surface area contributed by atoms with Crippen molar-refractivity contribution in [2.75, 3.05) is 0 Å². The van der Waals surface area contributed by atoms with E-state index in [9.17, 15) is 15.2 Å². The van der Waals surface area contributed by atoms with Crippen LogP contribution in [0.1, 0.15) is 32.8 Å². The highest BCUT2D eigenvalue weighted by molar-refractivity contribution is 5.49. The summed E-state index contributed by atoms with van der Waals surface area (Å²) >= 11 is 0. The van der Waals surface area contributed by atoms with Gasteiger partial charge in [0.05, 0.1) is 4.92 Å². The van der Waals surface area contributed by atoms with Gasteiger partial charge < -0.3 is 5.11 Å². The molecule has 1 N–H and O–H groups in total. The number of benzene rings is 1. The van der Waals surface area contributed by atoms with E-state index in [0.29, 0.717) is 0 Å². The van der Waals surface area contributed by atoms with Crippen LogP contribution in [-0.2, 0) is 5.41 Å². The van der Waals surface area contributed by atoms with E-state index in [2.05, 4.69) is 0 Å². The molecule has 0 radical (unpaired) electrons. The van der Waals surface area contributed by atoms with E-state index in [1.165, 1.54) is 12.1 Å². The third-order valence-electron chi connectivity index (χ3n) is 2.84. The number of phenolic OH excluding ortho intramolecular Hbond substituents is 1. The first-order valence-corrected chi connectivity index (χ1v) is 4.86. The van der Waals surface area contributed by atoms with Gasteiger partial charge >= 0.3 is 5.69 Å². The molecule has 1 rings (SSSR count). The maximum absolute atomic E-state index is 10.6. The molecule has 0 fully saturated rings. The smallest absolute Gasteiger partial charge is 0.310 e. The molecule has 4 nitrogen and oxygen atoms in total. The Kier molecular flexibility index (Phi) is 2.98. The Bertz CT molecular complexity index is 385. The highest BCUT2D eigenvalue weighted by Gasteiger charge is 2.22. The molecule has 1 aromatic carbocycles. The Morgan fingerprint density at radius 2 is 2.07 bits per heavy atom. The van der Waals surface area contributed by atoms with Crippen LogP contribution in [0.2, 0.25) is 0 Å². The van der Waals surface area contributed by atoms with Gasteiger partial charge in [0.25, 0.3) is 0 Å². The van der Waals surface area contributed by atoms with Crippen molar-refractivity contribution >= 4 is 5.69 Å². The quantitative estimate of drug-likeness (QED) is 0.614. The Balaban J connectivity index is 3.25. The molecule has 0 saturated heterocycles. The van der Waals surface area contributed by atoms with Gasteiger partial charge in [-0.25, -0.2) is 0 Å². The van der Waals surface area contributed by atoms with Crippen molar-refractivity contribution in [2.45, 2.75) is 32.6 Å². The normalized spacial score (nSPS) is 11.4. The number of nitro benzene ring substituents is 1. The molecule has 0 aliphatic heterocycles. The zero-order valence-corrected chi connectivity index (χ0v) is 9.15. The van der Waals surface area contributed by atoms with Crippen molar-refractivity contribution in [1.29, 1.82) is 0 Å². The summed E-state index contributed by atoms with van der Waals surface area (Å²) in [5.41, 5.74) is 0.530. The molecule has 0 saturated carbocycles. The van der Waals surface area contributed by atoms with Gasteiger partial charge in [0, 0.05) is 6.07 Å². The van der Waals surface area contributed by atoms with Gasteiger partial charge in [0.2, 0.25) is 0 Å². The number of hydrogen-bond acceptors (Lipinski definition) is 3. The second kappa shape index (κ2) is 3.88. The molecule has 0 aliphatic carbocycles. The SMILES string of the molecule is CCC(C)(C)c1ccc(O)c([N+](=O)[O-])c1. The van der Waals surface area contributed by atoms with Crippen molar-refractivity contribution < 1.29 is 10.0 Å². The summed E-state index contributed by atoms with van der Waals surface area (Å²) in [5.74, 6) is -0.282. The minimum Gasteiger partial charge on any atom is -0.502 e. The van der Waals surface area contributed by atoms with E-state index < -0.39 is 4.92 Å². The summed E-state index contributed by atoms with van der Waals surface area (Å²) in [5, 5.41) is 19.9. The molecule has 1 aromatic rings. The first kappa shape index (κ1) is 11.5. The highest BCUT2D eigenvalue weighted by Crippen LogP contribution is 2.33. The molecule has 0 atom stereocenters. The third-order valence-corrected chi connectivity index (χ3v) is 2.84. The lowest BCUT2D eigenvalue weighted by atomic mass is 9.82. The summed E-state index contributed by atoms with van der Waals surface area (Å²) in [4.78, 5) is 10.1. The lowest BCUT2D eigenvalue weighted by molar-refractivity contribution is -0.386. The molecule has 0 unspecified atom stereocenters. The lowest BCUT2D eigenvalue weighted by Gasteiger charge is -2.22. The number of hydrogen-bond donors (Lipinski definition) is 1. The van der Waals surface area contributed by atoms with Crippen molar-refractivity contribution in [3.63, 3.8) is 0 Å². The molecule has 4 heteroatoms. The highest BCUT2D eigenvalue weighted by atomic mass is 16.6. The van der Waals surface area contributed by atoms with Crippen LogP contribution >= 0.6 is 0 Å². The topological polar surface area (TPSA) is 63.4 Å². The van der Waals surface area contributed by atoms with Gasteiger partial charge in [-0.3, -0.25) is 10.1 Å². The molecular formula is C11H15NO3. The van der Waals surface area contributed by atoms with E-state index in [1.807, 2.05) is 20.8 Å². The van der Waals surface area contributed by atoms with Crippen LogP contribution in [0.3, 0.4) is 0 Å². The number of rotatable bonds is 3. The Morgan fingerprint density at radius 1 is 1.47 bits per heavy atom. The van der Waals surface area contributed by atoms with Crippen LogP contribution in [0.5, 0.6) is 5.75 Å². The monoisotopic (exact) mass is 209 g/mol. The largest absolute Gasteiger partial charge is 0.502 e. The van der Waals surface area contributed by atoms with Gasteiger partial charge in [-0.2, -0.15) is 0 Å². The van der Waals surface area contributed by atoms with Gasteiger partial charge in [-0.05, 0) is 23.5 Å². The zero-order valence-electron chi connectivity index (χ0n) is 9.15. The average Bonchev–Trinajstić information content (AvgIpc) is 2.17. The van der Waals surface area contributed by atoms with Gasteiger partial charge in [0.15, 0.2) is 5.75 Å². The molecule has 0 aliphatic rings. The summed E-state index contributed by atoms with van der Waals surface area (Å²) in [6.07, 6.45) is 0.884. The van der Waals surface area contributed by atoms with E-state index in [4.69, 9.17) is 0 Å². The summed E-state index contributed by atoms with van der Waals surface area (Å²) in [6.45, 7) is 6.06. The number of phenols is 1. The predicted molar refractivity (Wildman–Crippen MR) is 58.1 cm³/mol. The van der Waals surface area contributed by atoms with E-state index in [1.54, 1.807) is 6.07 Å². The second-order valence-corrected chi connectivity index (χ2v) is 4.20. The molecular weight excluding hydrogens is 194 g/mol. The number of nitro groups is 1. The molecule has 0 spiro atoms.